The third-order valence-electron chi connectivity index (χ3n) is 2.79. The molecule has 0 spiro atoms. The maximum atomic E-state index is 12.7. The summed E-state index contributed by atoms with van der Waals surface area (Å²) in [5, 5.41) is 3.43. The van der Waals surface area contributed by atoms with Gasteiger partial charge in [-0.05, 0) is 43.0 Å². The van der Waals surface area contributed by atoms with Crippen molar-refractivity contribution in [1.82, 2.24) is 5.32 Å². The summed E-state index contributed by atoms with van der Waals surface area (Å²) in [4.78, 5) is 0. The van der Waals surface area contributed by atoms with Gasteiger partial charge in [-0.1, -0.05) is 18.2 Å². The molecule has 0 aromatic heterocycles. The van der Waals surface area contributed by atoms with Crippen molar-refractivity contribution in [1.29, 1.82) is 0 Å². The highest BCUT2D eigenvalue weighted by Gasteiger charge is 2.21. The van der Waals surface area contributed by atoms with Gasteiger partial charge in [0.25, 0.3) is 0 Å². The lowest BCUT2D eigenvalue weighted by atomic mass is 10.1. The standard InChI is InChI=1S/C13H16FN/c1-2-13(15-9-10-3-4-10)11-5-7-12(14)8-6-11/h2,5-8,10,13,15H,1,3-4,9H2. The summed E-state index contributed by atoms with van der Waals surface area (Å²) in [6, 6.07) is 6.74. The normalized spacial score (nSPS) is 17.4. The molecule has 1 fully saturated rings. The second kappa shape index (κ2) is 4.58. The minimum absolute atomic E-state index is 0.145. The van der Waals surface area contributed by atoms with Gasteiger partial charge >= 0.3 is 0 Å². The van der Waals surface area contributed by atoms with Crippen molar-refractivity contribution in [2.75, 3.05) is 6.54 Å². The molecular formula is C13H16FN. The Hall–Kier alpha value is -1.15. The van der Waals surface area contributed by atoms with Crippen molar-refractivity contribution in [3.8, 4) is 0 Å². The average Bonchev–Trinajstić information content (AvgIpc) is 3.05. The number of halogens is 1. The highest BCUT2D eigenvalue weighted by Crippen LogP contribution is 2.28. The maximum absolute atomic E-state index is 12.7. The first-order chi connectivity index (χ1) is 7.29. The van der Waals surface area contributed by atoms with Crippen LogP contribution in [0.2, 0.25) is 0 Å². The highest BCUT2D eigenvalue weighted by molar-refractivity contribution is 5.23. The fourth-order valence-corrected chi connectivity index (χ4v) is 1.62. The zero-order valence-corrected chi connectivity index (χ0v) is 8.75. The lowest BCUT2D eigenvalue weighted by molar-refractivity contribution is 0.583. The molecule has 1 aliphatic carbocycles. The van der Waals surface area contributed by atoms with Crippen LogP contribution in [-0.4, -0.2) is 6.54 Å². The van der Waals surface area contributed by atoms with Gasteiger partial charge in [0.05, 0.1) is 6.04 Å². The van der Waals surface area contributed by atoms with Crippen molar-refractivity contribution in [3.05, 3.63) is 48.3 Å². The third kappa shape index (κ3) is 2.90. The number of benzene rings is 1. The van der Waals surface area contributed by atoms with E-state index in [9.17, 15) is 4.39 Å². The molecule has 2 rings (SSSR count). The largest absolute Gasteiger partial charge is 0.306 e. The van der Waals surface area contributed by atoms with Crippen LogP contribution in [0.15, 0.2) is 36.9 Å². The number of hydrogen-bond acceptors (Lipinski definition) is 1. The summed E-state index contributed by atoms with van der Waals surface area (Å²) in [7, 11) is 0. The van der Waals surface area contributed by atoms with E-state index < -0.39 is 0 Å². The second-order valence-electron chi connectivity index (χ2n) is 4.12. The fourth-order valence-electron chi connectivity index (χ4n) is 1.62. The van der Waals surface area contributed by atoms with E-state index in [4.69, 9.17) is 0 Å². The van der Waals surface area contributed by atoms with E-state index in [1.54, 1.807) is 0 Å². The van der Waals surface area contributed by atoms with Gasteiger partial charge in [0, 0.05) is 0 Å². The summed E-state index contributed by atoms with van der Waals surface area (Å²) >= 11 is 0. The van der Waals surface area contributed by atoms with E-state index in [2.05, 4.69) is 11.9 Å². The Balaban J connectivity index is 1.97. The topological polar surface area (TPSA) is 12.0 Å². The number of nitrogens with one attached hydrogen (secondary N) is 1. The van der Waals surface area contributed by atoms with Crippen LogP contribution in [0.25, 0.3) is 0 Å². The number of hydrogen-bond donors (Lipinski definition) is 1. The summed E-state index contributed by atoms with van der Waals surface area (Å²) in [5.74, 6) is 0.650. The van der Waals surface area contributed by atoms with Gasteiger partial charge in [-0.3, -0.25) is 0 Å². The Morgan fingerprint density at radius 1 is 1.40 bits per heavy atom. The molecule has 1 unspecified atom stereocenters. The Bertz CT molecular complexity index is 327. The first-order valence-corrected chi connectivity index (χ1v) is 5.41. The predicted molar refractivity (Wildman–Crippen MR) is 60.1 cm³/mol. The summed E-state index contributed by atoms with van der Waals surface area (Å²) in [5.41, 5.74) is 1.08. The Kier molecular flexibility index (Phi) is 3.17. The van der Waals surface area contributed by atoms with Crippen LogP contribution in [0.3, 0.4) is 0 Å². The van der Waals surface area contributed by atoms with E-state index in [-0.39, 0.29) is 11.9 Å². The molecule has 0 heterocycles. The van der Waals surface area contributed by atoms with E-state index in [0.717, 1.165) is 18.0 Å². The molecule has 1 saturated carbocycles. The molecule has 0 aliphatic heterocycles. The minimum Gasteiger partial charge on any atom is -0.306 e. The quantitative estimate of drug-likeness (QED) is 0.728. The van der Waals surface area contributed by atoms with Crippen molar-refractivity contribution >= 4 is 0 Å². The van der Waals surface area contributed by atoms with E-state index in [1.807, 2.05) is 18.2 Å². The van der Waals surface area contributed by atoms with Crippen molar-refractivity contribution < 1.29 is 4.39 Å². The molecular weight excluding hydrogens is 189 g/mol. The average molecular weight is 205 g/mol. The molecule has 1 nitrogen and oxygen atoms in total. The summed E-state index contributed by atoms with van der Waals surface area (Å²) in [6.45, 7) is 4.84. The van der Waals surface area contributed by atoms with Gasteiger partial charge in [-0.15, -0.1) is 6.58 Å². The van der Waals surface area contributed by atoms with Crippen LogP contribution in [0, 0.1) is 11.7 Å². The van der Waals surface area contributed by atoms with Crippen LogP contribution in [0.5, 0.6) is 0 Å². The molecule has 0 radical (unpaired) electrons. The van der Waals surface area contributed by atoms with Gasteiger partial charge in [-0.2, -0.15) is 0 Å². The first kappa shape index (κ1) is 10.4. The minimum atomic E-state index is -0.191. The van der Waals surface area contributed by atoms with Gasteiger partial charge in [0.15, 0.2) is 0 Å². The monoisotopic (exact) mass is 205 g/mol. The molecule has 0 saturated heterocycles. The molecule has 1 aromatic rings. The number of rotatable bonds is 5. The molecule has 15 heavy (non-hydrogen) atoms. The van der Waals surface area contributed by atoms with Crippen molar-refractivity contribution in [3.63, 3.8) is 0 Å². The van der Waals surface area contributed by atoms with Crippen LogP contribution in [-0.2, 0) is 0 Å². The van der Waals surface area contributed by atoms with E-state index >= 15 is 0 Å². The Morgan fingerprint density at radius 3 is 2.60 bits per heavy atom. The maximum Gasteiger partial charge on any atom is 0.123 e. The molecule has 1 aliphatic rings. The zero-order valence-electron chi connectivity index (χ0n) is 8.75. The Morgan fingerprint density at radius 2 is 2.07 bits per heavy atom. The molecule has 1 aromatic carbocycles. The van der Waals surface area contributed by atoms with Gasteiger partial charge in [0.2, 0.25) is 0 Å². The van der Waals surface area contributed by atoms with E-state index in [1.165, 1.54) is 25.0 Å². The summed E-state index contributed by atoms with van der Waals surface area (Å²) < 4.78 is 12.7. The predicted octanol–water partition coefficient (Wildman–Crippen LogP) is 3.05. The van der Waals surface area contributed by atoms with Crippen molar-refractivity contribution in [2.24, 2.45) is 5.92 Å². The molecule has 2 heteroatoms. The van der Waals surface area contributed by atoms with Crippen LogP contribution in [0.1, 0.15) is 24.4 Å². The Labute approximate surface area is 90.0 Å². The highest BCUT2D eigenvalue weighted by atomic mass is 19.1. The first-order valence-electron chi connectivity index (χ1n) is 5.41. The summed E-state index contributed by atoms with van der Waals surface area (Å²) in [6.07, 6.45) is 4.54. The van der Waals surface area contributed by atoms with Crippen LogP contribution < -0.4 is 5.32 Å². The molecule has 1 atom stereocenters. The van der Waals surface area contributed by atoms with Gasteiger partial charge < -0.3 is 5.32 Å². The van der Waals surface area contributed by atoms with Gasteiger partial charge in [-0.25, -0.2) is 4.39 Å². The lowest BCUT2D eigenvalue weighted by Gasteiger charge is -2.14. The zero-order chi connectivity index (χ0) is 10.7. The smallest absolute Gasteiger partial charge is 0.123 e. The molecule has 0 amide bonds. The third-order valence-corrected chi connectivity index (χ3v) is 2.79. The van der Waals surface area contributed by atoms with E-state index in [0.29, 0.717) is 0 Å². The lowest BCUT2D eigenvalue weighted by Crippen LogP contribution is -2.21. The van der Waals surface area contributed by atoms with Crippen molar-refractivity contribution in [2.45, 2.75) is 18.9 Å². The molecule has 1 N–H and O–H groups in total. The van der Waals surface area contributed by atoms with Crippen LogP contribution in [0.4, 0.5) is 4.39 Å². The SMILES string of the molecule is C=CC(NCC1CC1)c1ccc(F)cc1. The molecule has 0 bridgehead atoms. The fraction of sp³-hybridized carbons (Fsp3) is 0.385. The second-order valence-corrected chi connectivity index (χ2v) is 4.12. The van der Waals surface area contributed by atoms with Crippen LogP contribution >= 0.6 is 0 Å². The van der Waals surface area contributed by atoms with Gasteiger partial charge in [0.1, 0.15) is 5.82 Å². The molecule has 80 valence electrons.